The van der Waals surface area contributed by atoms with Crippen molar-refractivity contribution in [3.05, 3.63) is 43.7 Å². The van der Waals surface area contributed by atoms with Crippen LogP contribution in [0.4, 0.5) is 5.82 Å². The minimum atomic E-state index is -0.958. The third kappa shape index (κ3) is 3.33. The van der Waals surface area contributed by atoms with Crippen molar-refractivity contribution in [3.63, 3.8) is 0 Å². The Balaban J connectivity index is 2.26. The first-order valence-electron chi connectivity index (χ1n) is 5.67. The van der Waals surface area contributed by atoms with Gasteiger partial charge in [-0.2, -0.15) is 0 Å². The summed E-state index contributed by atoms with van der Waals surface area (Å²) in [4.78, 5) is 16.7. The summed E-state index contributed by atoms with van der Waals surface area (Å²) in [5.74, 6) is -0.533. The van der Waals surface area contributed by atoms with E-state index in [0.29, 0.717) is 12.4 Å². The molecule has 2 aromatic rings. The zero-order valence-electron chi connectivity index (χ0n) is 10.5. The summed E-state index contributed by atoms with van der Waals surface area (Å²) in [7, 11) is 0. The number of thiophene rings is 1. The molecule has 0 amide bonds. The molecular weight excluding hydrogens is 328 g/mol. The Bertz CT molecular complexity index is 625. The molecule has 0 atom stereocenters. The van der Waals surface area contributed by atoms with Crippen LogP contribution in [0.5, 0.6) is 0 Å². The van der Waals surface area contributed by atoms with Gasteiger partial charge in [0, 0.05) is 10.6 Å². The maximum atomic E-state index is 11.3. The summed E-state index contributed by atoms with van der Waals surface area (Å²) in [6.45, 7) is 4.20. The summed E-state index contributed by atoms with van der Waals surface area (Å²) in [5.41, 5.74) is 1.76. The molecule has 0 unspecified atom stereocenters. The van der Waals surface area contributed by atoms with Gasteiger partial charge in [0.25, 0.3) is 0 Å². The molecule has 0 bridgehead atoms. The van der Waals surface area contributed by atoms with Gasteiger partial charge in [0.15, 0.2) is 0 Å². The number of hydrogen-bond acceptors (Lipinski definition) is 4. The van der Waals surface area contributed by atoms with Crippen molar-refractivity contribution in [2.45, 2.75) is 20.4 Å². The fraction of sp³-hybridized carbons (Fsp3) is 0.231. The number of carbonyl (C=O) groups is 1. The van der Waals surface area contributed by atoms with Crippen LogP contribution in [0.3, 0.4) is 0 Å². The van der Waals surface area contributed by atoms with E-state index in [1.165, 1.54) is 0 Å². The van der Waals surface area contributed by atoms with Crippen molar-refractivity contribution >= 4 is 39.1 Å². The molecule has 19 heavy (non-hydrogen) atoms. The summed E-state index contributed by atoms with van der Waals surface area (Å²) < 4.78 is 1.05. The summed E-state index contributed by atoms with van der Waals surface area (Å²) >= 11 is 5.01. The zero-order chi connectivity index (χ0) is 14.0. The van der Waals surface area contributed by atoms with Gasteiger partial charge in [-0.25, -0.2) is 9.78 Å². The highest BCUT2D eigenvalue weighted by molar-refractivity contribution is 9.11. The Morgan fingerprint density at radius 1 is 1.47 bits per heavy atom. The van der Waals surface area contributed by atoms with Gasteiger partial charge in [-0.15, -0.1) is 11.3 Å². The molecule has 0 saturated heterocycles. The maximum absolute atomic E-state index is 11.3. The van der Waals surface area contributed by atoms with Crippen LogP contribution in [0, 0.1) is 13.8 Å². The van der Waals surface area contributed by atoms with Crippen LogP contribution in [0.15, 0.2) is 22.0 Å². The Morgan fingerprint density at radius 3 is 2.79 bits per heavy atom. The predicted molar refractivity (Wildman–Crippen MR) is 80.0 cm³/mol. The molecule has 0 aliphatic carbocycles. The first-order valence-corrected chi connectivity index (χ1v) is 7.28. The number of aryl methyl sites for hydroxylation is 2. The van der Waals surface area contributed by atoms with E-state index < -0.39 is 5.97 Å². The van der Waals surface area contributed by atoms with Crippen LogP contribution in [-0.4, -0.2) is 16.1 Å². The lowest BCUT2D eigenvalue weighted by molar-refractivity contribution is 0.0697. The van der Waals surface area contributed by atoms with Crippen molar-refractivity contribution in [2.75, 3.05) is 5.32 Å². The van der Waals surface area contributed by atoms with Crippen LogP contribution >= 0.6 is 27.3 Å². The zero-order valence-corrected chi connectivity index (χ0v) is 12.9. The number of nitrogens with zero attached hydrogens (tertiary/aromatic N) is 1. The Kier molecular flexibility index (Phi) is 4.21. The van der Waals surface area contributed by atoms with E-state index in [9.17, 15) is 9.90 Å². The lowest BCUT2D eigenvalue weighted by Gasteiger charge is -2.11. The van der Waals surface area contributed by atoms with Crippen molar-refractivity contribution in [3.8, 4) is 0 Å². The van der Waals surface area contributed by atoms with Crippen LogP contribution in [0.2, 0.25) is 0 Å². The molecule has 100 valence electrons. The number of aromatic nitrogens is 1. The third-order valence-electron chi connectivity index (χ3n) is 2.62. The lowest BCUT2D eigenvalue weighted by atomic mass is 10.1. The van der Waals surface area contributed by atoms with Gasteiger partial charge in [-0.05, 0) is 53.5 Å². The second-order valence-electron chi connectivity index (χ2n) is 4.17. The highest BCUT2D eigenvalue weighted by Crippen LogP contribution is 2.24. The van der Waals surface area contributed by atoms with Gasteiger partial charge in [-0.1, -0.05) is 0 Å². The Morgan fingerprint density at radius 2 is 2.21 bits per heavy atom. The van der Waals surface area contributed by atoms with Crippen molar-refractivity contribution in [1.82, 2.24) is 4.98 Å². The fourth-order valence-corrected chi connectivity index (χ4v) is 3.28. The normalized spacial score (nSPS) is 10.5. The van der Waals surface area contributed by atoms with Gasteiger partial charge < -0.3 is 10.4 Å². The molecule has 6 heteroatoms. The van der Waals surface area contributed by atoms with Crippen molar-refractivity contribution in [1.29, 1.82) is 0 Å². The van der Waals surface area contributed by atoms with Gasteiger partial charge in [0.2, 0.25) is 0 Å². The minimum Gasteiger partial charge on any atom is -0.478 e. The van der Waals surface area contributed by atoms with Gasteiger partial charge in [-0.3, -0.25) is 0 Å². The first kappa shape index (κ1) is 14.0. The molecule has 2 aromatic heterocycles. The smallest absolute Gasteiger partial charge is 0.339 e. The lowest BCUT2D eigenvalue weighted by Crippen LogP contribution is -2.10. The van der Waals surface area contributed by atoms with Crippen LogP contribution in [0.25, 0.3) is 0 Å². The molecule has 0 aromatic carbocycles. The molecule has 2 N–H and O–H groups in total. The van der Waals surface area contributed by atoms with E-state index in [2.05, 4.69) is 26.2 Å². The quantitative estimate of drug-likeness (QED) is 0.887. The SMILES string of the molecule is Cc1cc(C)c(C(=O)O)c(NCc2ccc(Br)s2)n1. The van der Waals surface area contributed by atoms with E-state index >= 15 is 0 Å². The molecule has 2 rings (SSSR count). The average molecular weight is 341 g/mol. The Hall–Kier alpha value is -1.40. The summed E-state index contributed by atoms with van der Waals surface area (Å²) in [5, 5.41) is 12.4. The van der Waals surface area contributed by atoms with Crippen LogP contribution < -0.4 is 5.32 Å². The first-order chi connectivity index (χ1) is 8.97. The van der Waals surface area contributed by atoms with Crippen LogP contribution in [-0.2, 0) is 6.54 Å². The number of carboxylic acids is 1. The topological polar surface area (TPSA) is 62.2 Å². The Labute approximate surface area is 123 Å². The second-order valence-corrected chi connectivity index (χ2v) is 6.72. The number of carboxylic acid groups (broad SMARTS) is 1. The molecule has 4 nitrogen and oxygen atoms in total. The number of hydrogen-bond donors (Lipinski definition) is 2. The number of pyridine rings is 1. The second kappa shape index (κ2) is 5.71. The molecule has 0 fully saturated rings. The molecular formula is C13H13BrN2O2S. The maximum Gasteiger partial charge on any atom is 0.339 e. The number of nitrogens with one attached hydrogen (secondary N) is 1. The predicted octanol–water partition coefficient (Wildman–Crippen LogP) is 3.83. The molecule has 0 spiro atoms. The van der Waals surface area contributed by atoms with Crippen molar-refractivity contribution in [2.24, 2.45) is 0 Å². The van der Waals surface area contributed by atoms with E-state index in [0.717, 1.165) is 19.9 Å². The largest absolute Gasteiger partial charge is 0.478 e. The molecule has 0 saturated carbocycles. The third-order valence-corrected chi connectivity index (χ3v) is 4.24. The average Bonchev–Trinajstić information content (AvgIpc) is 2.71. The molecule has 0 aliphatic rings. The minimum absolute atomic E-state index is 0.237. The van der Waals surface area contributed by atoms with Gasteiger partial charge in [0.1, 0.15) is 11.4 Å². The van der Waals surface area contributed by atoms with E-state index in [1.807, 2.05) is 19.1 Å². The van der Waals surface area contributed by atoms with Crippen LogP contribution in [0.1, 0.15) is 26.5 Å². The van der Waals surface area contributed by atoms with E-state index in [1.54, 1.807) is 24.3 Å². The number of aromatic carboxylic acids is 1. The fourth-order valence-electron chi connectivity index (χ4n) is 1.85. The monoisotopic (exact) mass is 340 g/mol. The highest BCUT2D eigenvalue weighted by Gasteiger charge is 2.15. The van der Waals surface area contributed by atoms with E-state index in [4.69, 9.17) is 0 Å². The number of rotatable bonds is 4. The summed E-state index contributed by atoms with van der Waals surface area (Å²) in [6.07, 6.45) is 0. The van der Waals surface area contributed by atoms with Gasteiger partial charge in [0.05, 0.1) is 10.3 Å². The standard InChI is InChI=1S/C13H13BrN2O2S/c1-7-5-8(2)16-12(11(7)13(17)18)15-6-9-3-4-10(14)19-9/h3-5H,6H2,1-2H3,(H,15,16)(H,17,18). The molecule has 0 radical (unpaired) electrons. The molecule has 0 aliphatic heterocycles. The summed E-state index contributed by atoms with van der Waals surface area (Å²) in [6, 6.07) is 5.73. The number of anilines is 1. The number of halogens is 1. The van der Waals surface area contributed by atoms with E-state index in [-0.39, 0.29) is 5.56 Å². The molecule has 2 heterocycles. The van der Waals surface area contributed by atoms with Crippen molar-refractivity contribution < 1.29 is 9.90 Å². The van der Waals surface area contributed by atoms with Gasteiger partial charge >= 0.3 is 5.97 Å². The highest BCUT2D eigenvalue weighted by atomic mass is 79.9.